The molecule has 1 fully saturated rings. The van der Waals surface area contributed by atoms with Gasteiger partial charge in [-0.3, -0.25) is 14.9 Å². The normalized spacial score (nSPS) is 15.1. The van der Waals surface area contributed by atoms with Crippen LogP contribution in [0.5, 0.6) is 0 Å². The fourth-order valence-electron chi connectivity index (χ4n) is 2.75. The largest absolute Gasteiger partial charge is 0.421 e. The molecular weight excluding hydrogens is 353 g/mol. The van der Waals surface area contributed by atoms with Gasteiger partial charge in [0.25, 0.3) is 5.56 Å². The van der Waals surface area contributed by atoms with Gasteiger partial charge in [-0.15, -0.1) is 5.10 Å². The van der Waals surface area contributed by atoms with Crippen molar-refractivity contribution in [3.05, 3.63) is 34.2 Å². The lowest BCUT2D eigenvalue weighted by Crippen LogP contribution is -2.32. The van der Waals surface area contributed by atoms with Crippen LogP contribution in [0, 0.1) is 0 Å². The van der Waals surface area contributed by atoms with Crippen LogP contribution in [0.15, 0.2) is 23.1 Å². The van der Waals surface area contributed by atoms with E-state index in [4.69, 9.17) is 0 Å². The number of nitrogens with one attached hydrogen (secondary N) is 2. The van der Waals surface area contributed by atoms with Crippen molar-refractivity contribution in [3.63, 3.8) is 0 Å². The van der Waals surface area contributed by atoms with Crippen molar-refractivity contribution in [3.8, 4) is 0 Å². The summed E-state index contributed by atoms with van der Waals surface area (Å²) >= 11 is 0. The average molecular weight is 370 g/mol. The Morgan fingerprint density at radius 2 is 2.00 bits per heavy atom. The van der Waals surface area contributed by atoms with Crippen molar-refractivity contribution in [2.75, 3.05) is 23.3 Å². The third kappa shape index (κ3) is 4.03. The molecule has 11 heteroatoms. The molecule has 2 N–H and O–H groups in total. The fourth-order valence-corrected chi connectivity index (χ4v) is 2.75. The van der Waals surface area contributed by atoms with Gasteiger partial charge >= 0.3 is 6.18 Å². The predicted molar refractivity (Wildman–Crippen MR) is 86.8 cm³/mol. The van der Waals surface area contributed by atoms with Crippen LogP contribution in [0.2, 0.25) is 0 Å². The molecule has 1 amide bonds. The molecule has 0 saturated carbocycles. The van der Waals surface area contributed by atoms with E-state index in [2.05, 4.69) is 20.5 Å². The van der Waals surface area contributed by atoms with Crippen molar-refractivity contribution >= 4 is 17.8 Å². The molecule has 2 aromatic rings. The number of halogens is 3. The third-order valence-electron chi connectivity index (χ3n) is 4.01. The number of H-pyrrole nitrogens is 1. The third-order valence-corrected chi connectivity index (χ3v) is 4.01. The maximum absolute atomic E-state index is 12.8. The van der Waals surface area contributed by atoms with Crippen LogP contribution < -0.4 is 15.8 Å². The van der Waals surface area contributed by atoms with Crippen LogP contribution >= 0.6 is 0 Å². The van der Waals surface area contributed by atoms with Gasteiger partial charge in [0.2, 0.25) is 17.8 Å². The summed E-state index contributed by atoms with van der Waals surface area (Å²) in [5, 5.41) is 8.99. The molecule has 0 bridgehead atoms. The second-order valence-corrected chi connectivity index (χ2v) is 5.93. The van der Waals surface area contributed by atoms with Gasteiger partial charge in [0.05, 0.1) is 0 Å². The van der Waals surface area contributed by atoms with Crippen molar-refractivity contribution in [2.24, 2.45) is 0 Å². The Balaban J connectivity index is 1.66. The molecule has 140 valence electrons. The molecule has 0 aliphatic carbocycles. The number of anilines is 2. The molecule has 0 radical (unpaired) electrons. The van der Waals surface area contributed by atoms with Gasteiger partial charge in [-0.05, 0) is 31.4 Å². The molecular formula is C15H17F3N6O2. The summed E-state index contributed by atoms with van der Waals surface area (Å²) in [6.45, 7) is 1.08. The maximum atomic E-state index is 12.8. The molecule has 0 unspecified atom stereocenters. The summed E-state index contributed by atoms with van der Waals surface area (Å²) in [5.74, 6) is -0.153. The molecule has 0 atom stereocenters. The number of nitrogens with zero attached hydrogens (tertiary/aromatic N) is 4. The maximum Gasteiger partial charge on any atom is 0.421 e. The van der Waals surface area contributed by atoms with E-state index in [9.17, 15) is 22.8 Å². The zero-order chi connectivity index (χ0) is 18.7. The Bertz CT molecular complexity index is 838. The van der Waals surface area contributed by atoms with Crippen molar-refractivity contribution in [1.82, 2.24) is 19.7 Å². The molecule has 1 saturated heterocycles. The van der Waals surface area contributed by atoms with Gasteiger partial charge in [-0.2, -0.15) is 18.2 Å². The van der Waals surface area contributed by atoms with E-state index in [1.54, 1.807) is 0 Å². The first-order chi connectivity index (χ1) is 12.3. The minimum absolute atomic E-state index is 0.0793. The molecule has 3 heterocycles. The van der Waals surface area contributed by atoms with E-state index in [1.165, 1.54) is 0 Å². The first-order valence-corrected chi connectivity index (χ1v) is 8.08. The number of piperidine rings is 1. The lowest BCUT2D eigenvalue weighted by molar-refractivity contribution is -0.139. The number of carbonyl (C=O) groups is 1. The second-order valence-electron chi connectivity index (χ2n) is 5.93. The number of aromatic nitrogens is 4. The van der Waals surface area contributed by atoms with Crippen molar-refractivity contribution in [2.45, 2.75) is 32.0 Å². The monoisotopic (exact) mass is 370 g/mol. The van der Waals surface area contributed by atoms with Crippen molar-refractivity contribution in [1.29, 1.82) is 0 Å². The van der Waals surface area contributed by atoms with E-state index in [1.807, 2.05) is 4.90 Å². The van der Waals surface area contributed by atoms with Crippen LogP contribution in [0.1, 0.15) is 24.8 Å². The molecule has 1 aliphatic heterocycles. The highest BCUT2D eigenvalue weighted by molar-refractivity contribution is 5.88. The second kappa shape index (κ2) is 7.18. The van der Waals surface area contributed by atoms with Crippen LogP contribution in [-0.2, 0) is 17.5 Å². The number of alkyl halides is 3. The van der Waals surface area contributed by atoms with Crippen molar-refractivity contribution < 1.29 is 18.0 Å². The average Bonchev–Trinajstić information content (AvgIpc) is 3.05. The van der Waals surface area contributed by atoms with E-state index in [0.29, 0.717) is 16.6 Å². The highest BCUT2D eigenvalue weighted by Crippen LogP contribution is 2.26. The number of carbonyl (C=O) groups excluding carboxylic acids is 1. The van der Waals surface area contributed by atoms with Crippen LogP contribution in [0.3, 0.4) is 0 Å². The molecule has 1 aliphatic rings. The van der Waals surface area contributed by atoms with E-state index in [0.717, 1.165) is 44.6 Å². The van der Waals surface area contributed by atoms with E-state index >= 15 is 0 Å². The number of amides is 1. The summed E-state index contributed by atoms with van der Waals surface area (Å²) in [4.78, 5) is 30.0. The first-order valence-electron chi connectivity index (χ1n) is 8.08. The van der Waals surface area contributed by atoms with Gasteiger partial charge in [0.15, 0.2) is 0 Å². The summed E-state index contributed by atoms with van der Waals surface area (Å²) in [6, 6.07) is 1.75. The standard InChI is InChI=1S/C15H17F3N6O2/c16-15(17,18)10-5-4-8-24(12(10)26)9-11(25)19-13-20-14(22-21-13)23-6-2-1-3-7-23/h4-5,8H,1-3,6-7,9H2,(H2,19,20,21,22,25). The molecule has 0 spiro atoms. The van der Waals surface area contributed by atoms with Crippen LogP contribution in [0.25, 0.3) is 0 Å². The molecule has 26 heavy (non-hydrogen) atoms. The lowest BCUT2D eigenvalue weighted by Gasteiger charge is -2.24. The minimum Gasteiger partial charge on any atom is -0.340 e. The Morgan fingerprint density at radius 3 is 2.69 bits per heavy atom. The Hall–Kier alpha value is -2.85. The summed E-state index contributed by atoms with van der Waals surface area (Å²) in [7, 11) is 0. The molecule has 8 nitrogen and oxygen atoms in total. The van der Waals surface area contributed by atoms with Crippen LogP contribution in [-0.4, -0.2) is 38.7 Å². The number of rotatable bonds is 4. The van der Waals surface area contributed by atoms with Gasteiger partial charge in [-0.25, -0.2) is 5.10 Å². The summed E-state index contributed by atoms with van der Waals surface area (Å²) < 4.78 is 38.9. The Morgan fingerprint density at radius 1 is 1.27 bits per heavy atom. The van der Waals surface area contributed by atoms with Gasteiger partial charge < -0.3 is 9.47 Å². The zero-order valence-electron chi connectivity index (χ0n) is 13.7. The number of pyridine rings is 1. The SMILES string of the molecule is O=C(Cn1cccc(C(F)(F)F)c1=O)Nc1nc(N2CCCCC2)n[nH]1. The fraction of sp³-hybridized carbons (Fsp3) is 0.467. The number of aromatic amines is 1. The minimum atomic E-state index is -4.77. The summed E-state index contributed by atoms with van der Waals surface area (Å²) in [6.07, 6.45) is -0.429. The predicted octanol–water partition coefficient (Wildman–Crippen LogP) is 1.61. The molecule has 2 aromatic heterocycles. The number of hydrogen-bond donors (Lipinski definition) is 2. The zero-order valence-corrected chi connectivity index (χ0v) is 13.7. The molecule has 3 rings (SSSR count). The lowest BCUT2D eigenvalue weighted by atomic mass is 10.1. The van der Waals surface area contributed by atoms with Gasteiger partial charge in [0.1, 0.15) is 12.1 Å². The quantitative estimate of drug-likeness (QED) is 0.853. The highest BCUT2D eigenvalue weighted by Gasteiger charge is 2.34. The smallest absolute Gasteiger partial charge is 0.340 e. The Kier molecular flexibility index (Phi) is 4.96. The van der Waals surface area contributed by atoms with Gasteiger partial charge in [0, 0.05) is 19.3 Å². The highest BCUT2D eigenvalue weighted by atomic mass is 19.4. The number of hydrogen-bond acceptors (Lipinski definition) is 5. The van der Waals surface area contributed by atoms with Gasteiger partial charge in [-0.1, -0.05) is 0 Å². The molecule has 0 aromatic carbocycles. The van der Waals surface area contributed by atoms with Crippen LogP contribution in [0.4, 0.5) is 25.1 Å². The first kappa shape index (κ1) is 18.0. The Labute approximate surface area is 146 Å². The van der Waals surface area contributed by atoms with E-state index < -0.39 is 29.8 Å². The summed E-state index contributed by atoms with van der Waals surface area (Å²) in [5.41, 5.74) is -2.60. The van der Waals surface area contributed by atoms with E-state index in [-0.39, 0.29) is 5.95 Å². The topological polar surface area (TPSA) is 95.9 Å².